The lowest BCUT2D eigenvalue weighted by Gasteiger charge is -2.21. The Morgan fingerprint density at radius 3 is 2.68 bits per heavy atom. The number of amides is 1. The van der Waals surface area contributed by atoms with Crippen molar-refractivity contribution < 1.29 is 22.3 Å². The molecule has 11 heteroatoms. The van der Waals surface area contributed by atoms with Crippen LogP contribution in [0.4, 0.5) is 9.52 Å². The van der Waals surface area contributed by atoms with Crippen LogP contribution in [0.15, 0.2) is 71.8 Å². The van der Waals surface area contributed by atoms with E-state index in [1.165, 1.54) is 64.0 Å². The van der Waals surface area contributed by atoms with Crippen molar-refractivity contribution >= 4 is 42.6 Å². The maximum Gasteiger partial charge on any atom is 0.260 e. The van der Waals surface area contributed by atoms with Gasteiger partial charge in [0.1, 0.15) is 5.82 Å². The normalized spacial score (nSPS) is 15.9. The van der Waals surface area contributed by atoms with E-state index in [0.717, 1.165) is 12.8 Å². The molecule has 1 saturated heterocycles. The van der Waals surface area contributed by atoms with Gasteiger partial charge in [-0.3, -0.25) is 14.7 Å². The maximum absolute atomic E-state index is 13.8. The lowest BCUT2D eigenvalue weighted by atomic mass is 10.2. The largest absolute Gasteiger partial charge is 0.377 e. The fourth-order valence-electron chi connectivity index (χ4n) is 4.16. The van der Waals surface area contributed by atoms with Gasteiger partial charge in [0, 0.05) is 32.0 Å². The van der Waals surface area contributed by atoms with E-state index in [4.69, 9.17) is 4.74 Å². The van der Waals surface area contributed by atoms with Gasteiger partial charge >= 0.3 is 0 Å². The number of rotatable bonds is 8. The number of nitrogens with zero attached hydrogens (tertiary/aromatic N) is 4. The molecule has 1 amide bonds. The third kappa shape index (κ3) is 5.54. The van der Waals surface area contributed by atoms with Gasteiger partial charge in [0.15, 0.2) is 5.13 Å². The Labute approximate surface area is 218 Å². The van der Waals surface area contributed by atoms with Crippen LogP contribution in [0.2, 0.25) is 0 Å². The minimum absolute atomic E-state index is 0.0938. The Morgan fingerprint density at radius 2 is 1.97 bits per heavy atom. The first kappa shape index (κ1) is 25.4. The van der Waals surface area contributed by atoms with Gasteiger partial charge in [-0.1, -0.05) is 17.4 Å². The molecule has 192 valence electrons. The summed E-state index contributed by atoms with van der Waals surface area (Å²) in [6, 6.07) is 15.5. The highest BCUT2D eigenvalue weighted by atomic mass is 32.2. The van der Waals surface area contributed by atoms with Gasteiger partial charge in [0.25, 0.3) is 5.91 Å². The molecular weight excluding hydrogens is 515 g/mol. The summed E-state index contributed by atoms with van der Waals surface area (Å²) in [5.74, 6) is -0.756. The average molecular weight is 541 g/mol. The fourth-order valence-corrected chi connectivity index (χ4v) is 6.35. The summed E-state index contributed by atoms with van der Waals surface area (Å²) in [6.07, 6.45) is 3.28. The molecule has 5 rings (SSSR count). The second kappa shape index (κ2) is 10.6. The Balaban J connectivity index is 1.42. The van der Waals surface area contributed by atoms with E-state index in [0.29, 0.717) is 33.2 Å². The number of pyridine rings is 1. The molecule has 2 aromatic carbocycles. The molecule has 37 heavy (non-hydrogen) atoms. The molecule has 8 nitrogen and oxygen atoms in total. The zero-order chi connectivity index (χ0) is 26.0. The van der Waals surface area contributed by atoms with E-state index < -0.39 is 10.0 Å². The standard InChI is InChI=1S/C26H25FN4O4S2/c1-30(17-21-6-4-14-35-21)37(33,34)22-10-7-18(8-11-22)25(32)31(16-20-5-2-3-13-28-20)26-29-23-12-9-19(27)15-24(23)36-26/h2-3,5,7-13,15,21H,4,6,14,16-17H2,1H3. The number of aromatic nitrogens is 2. The van der Waals surface area contributed by atoms with Gasteiger partial charge in [-0.15, -0.1) is 0 Å². The Kier molecular flexibility index (Phi) is 7.29. The number of thiazole rings is 1. The zero-order valence-corrected chi connectivity index (χ0v) is 21.7. The van der Waals surface area contributed by atoms with E-state index in [-0.39, 0.29) is 35.8 Å². The molecule has 0 saturated carbocycles. The first-order valence-electron chi connectivity index (χ1n) is 11.8. The highest BCUT2D eigenvalue weighted by Crippen LogP contribution is 2.31. The molecule has 2 aromatic heterocycles. The highest BCUT2D eigenvalue weighted by molar-refractivity contribution is 7.89. The molecule has 0 bridgehead atoms. The van der Waals surface area contributed by atoms with E-state index in [9.17, 15) is 17.6 Å². The third-order valence-corrected chi connectivity index (χ3v) is 9.03. The van der Waals surface area contributed by atoms with E-state index >= 15 is 0 Å². The number of carbonyl (C=O) groups excluding carboxylic acids is 1. The van der Waals surface area contributed by atoms with Gasteiger partial charge < -0.3 is 4.74 Å². The van der Waals surface area contributed by atoms with Crippen molar-refractivity contribution in [2.45, 2.75) is 30.4 Å². The first-order valence-corrected chi connectivity index (χ1v) is 14.0. The number of carbonyl (C=O) groups is 1. The molecule has 4 aromatic rings. The van der Waals surface area contributed by atoms with Gasteiger partial charge in [0.05, 0.1) is 33.5 Å². The smallest absolute Gasteiger partial charge is 0.260 e. The number of halogens is 1. The van der Waals surface area contributed by atoms with E-state index in [1.54, 1.807) is 24.4 Å². The number of fused-ring (bicyclic) bond motifs is 1. The van der Waals surface area contributed by atoms with Crippen LogP contribution < -0.4 is 4.90 Å². The van der Waals surface area contributed by atoms with Crippen LogP contribution in [0.1, 0.15) is 28.9 Å². The van der Waals surface area contributed by atoms with Crippen LogP contribution in [-0.2, 0) is 21.3 Å². The lowest BCUT2D eigenvalue weighted by Crippen LogP contribution is -2.34. The monoisotopic (exact) mass is 540 g/mol. The molecule has 0 spiro atoms. The topological polar surface area (TPSA) is 92.7 Å². The molecular formula is C26H25FN4O4S2. The molecule has 1 fully saturated rings. The van der Waals surface area contributed by atoms with Crippen molar-refractivity contribution in [3.8, 4) is 0 Å². The summed E-state index contributed by atoms with van der Waals surface area (Å²) in [7, 11) is -2.21. The number of benzene rings is 2. The Hall–Kier alpha value is -3.25. The Bertz CT molecular complexity index is 1500. The average Bonchev–Trinajstić information content (AvgIpc) is 3.57. The summed E-state index contributed by atoms with van der Waals surface area (Å²) in [6.45, 7) is 1.07. The highest BCUT2D eigenvalue weighted by Gasteiger charge is 2.27. The minimum atomic E-state index is -3.74. The number of ether oxygens (including phenoxy) is 1. The quantitative estimate of drug-likeness (QED) is 0.327. The minimum Gasteiger partial charge on any atom is -0.377 e. The van der Waals surface area contributed by atoms with Gasteiger partial charge in [-0.2, -0.15) is 4.31 Å². The second-order valence-corrected chi connectivity index (χ2v) is 11.8. The predicted octanol–water partition coefficient (Wildman–Crippen LogP) is 4.48. The SMILES string of the molecule is CN(CC1CCCO1)S(=O)(=O)c1ccc(C(=O)N(Cc2ccccn2)c2nc3ccc(F)cc3s2)cc1. The lowest BCUT2D eigenvalue weighted by molar-refractivity contribution is 0.0978. The number of anilines is 1. The van der Waals surface area contributed by atoms with E-state index in [1.807, 2.05) is 6.07 Å². The maximum atomic E-state index is 13.8. The summed E-state index contributed by atoms with van der Waals surface area (Å²) >= 11 is 1.20. The Morgan fingerprint density at radius 1 is 1.16 bits per heavy atom. The summed E-state index contributed by atoms with van der Waals surface area (Å²) in [5.41, 5.74) is 1.52. The van der Waals surface area contributed by atoms with Crippen LogP contribution in [0.5, 0.6) is 0 Å². The molecule has 0 N–H and O–H groups in total. The van der Waals surface area contributed by atoms with Crippen molar-refractivity contribution in [2.24, 2.45) is 0 Å². The van der Waals surface area contributed by atoms with Crippen LogP contribution in [-0.4, -0.2) is 54.9 Å². The van der Waals surface area contributed by atoms with Crippen LogP contribution in [0.3, 0.4) is 0 Å². The van der Waals surface area contributed by atoms with Crippen molar-refractivity contribution in [3.63, 3.8) is 0 Å². The molecule has 0 aliphatic carbocycles. The van der Waals surface area contributed by atoms with Crippen LogP contribution >= 0.6 is 11.3 Å². The summed E-state index contributed by atoms with van der Waals surface area (Å²) in [4.78, 5) is 24.1. The summed E-state index contributed by atoms with van der Waals surface area (Å²) in [5, 5.41) is 0.393. The molecule has 3 heterocycles. The zero-order valence-electron chi connectivity index (χ0n) is 20.1. The number of likely N-dealkylation sites (N-methyl/N-ethyl adjacent to an activating group) is 1. The van der Waals surface area contributed by atoms with Crippen molar-refractivity contribution in [3.05, 3.63) is 83.9 Å². The van der Waals surface area contributed by atoms with Crippen molar-refractivity contribution in [1.82, 2.24) is 14.3 Å². The summed E-state index contributed by atoms with van der Waals surface area (Å²) < 4.78 is 47.3. The van der Waals surface area contributed by atoms with Crippen molar-refractivity contribution in [2.75, 3.05) is 25.1 Å². The predicted molar refractivity (Wildman–Crippen MR) is 140 cm³/mol. The van der Waals surface area contributed by atoms with Crippen molar-refractivity contribution in [1.29, 1.82) is 0 Å². The second-order valence-electron chi connectivity index (χ2n) is 8.77. The molecule has 1 aliphatic heterocycles. The van der Waals surface area contributed by atoms with Crippen LogP contribution in [0, 0.1) is 5.82 Å². The molecule has 1 atom stereocenters. The number of hydrogen-bond acceptors (Lipinski definition) is 7. The van der Waals surface area contributed by atoms with Crippen LogP contribution in [0.25, 0.3) is 10.2 Å². The molecule has 1 aliphatic rings. The number of sulfonamides is 1. The first-order chi connectivity index (χ1) is 17.8. The third-order valence-electron chi connectivity index (χ3n) is 6.16. The van der Waals surface area contributed by atoms with E-state index in [2.05, 4.69) is 9.97 Å². The van der Waals surface area contributed by atoms with Gasteiger partial charge in [0.2, 0.25) is 10.0 Å². The molecule has 1 unspecified atom stereocenters. The molecule has 0 radical (unpaired) electrons. The van der Waals surface area contributed by atoms with Gasteiger partial charge in [-0.05, 0) is 67.4 Å². The van der Waals surface area contributed by atoms with Gasteiger partial charge in [-0.25, -0.2) is 17.8 Å². The fraction of sp³-hybridized carbons (Fsp3) is 0.269. The number of hydrogen-bond donors (Lipinski definition) is 0.